The molecule has 1 unspecified atom stereocenters. The first-order chi connectivity index (χ1) is 9.63. The van der Waals surface area contributed by atoms with Gasteiger partial charge < -0.3 is 5.32 Å². The van der Waals surface area contributed by atoms with Crippen LogP contribution >= 0.6 is 11.6 Å². The quantitative estimate of drug-likeness (QED) is 0.907. The maximum atomic E-state index is 12.0. The van der Waals surface area contributed by atoms with Crippen molar-refractivity contribution in [3.05, 3.63) is 64.2 Å². The Hall–Kier alpha value is -1.84. The van der Waals surface area contributed by atoms with E-state index in [4.69, 9.17) is 11.6 Å². The van der Waals surface area contributed by atoms with Crippen LogP contribution in [0.2, 0.25) is 5.02 Å². The lowest BCUT2D eigenvalue weighted by Crippen LogP contribution is -2.27. The van der Waals surface area contributed by atoms with Crippen LogP contribution in [0.1, 0.15) is 22.7 Å². The van der Waals surface area contributed by atoms with Crippen LogP contribution in [0.5, 0.6) is 0 Å². The highest BCUT2D eigenvalue weighted by Crippen LogP contribution is 2.32. The Morgan fingerprint density at radius 2 is 2.10 bits per heavy atom. The van der Waals surface area contributed by atoms with E-state index in [9.17, 15) is 4.79 Å². The molecule has 0 radical (unpaired) electrons. The van der Waals surface area contributed by atoms with Crippen molar-refractivity contribution in [1.82, 2.24) is 5.32 Å². The summed E-state index contributed by atoms with van der Waals surface area (Å²) >= 11 is 6.01. The number of rotatable bonds is 3. The van der Waals surface area contributed by atoms with E-state index < -0.39 is 0 Å². The van der Waals surface area contributed by atoms with E-state index in [1.54, 1.807) is 6.07 Å². The smallest absolute Gasteiger partial charge is 0.246 e. The highest BCUT2D eigenvalue weighted by Gasteiger charge is 2.30. The topological polar surface area (TPSA) is 41.1 Å². The summed E-state index contributed by atoms with van der Waals surface area (Å²) in [6, 6.07) is 13.3. The van der Waals surface area contributed by atoms with Crippen molar-refractivity contribution in [2.24, 2.45) is 0 Å². The molecule has 0 aromatic heterocycles. The maximum Gasteiger partial charge on any atom is 0.246 e. The Morgan fingerprint density at radius 1 is 1.25 bits per heavy atom. The normalized spacial score (nSPS) is 16.9. The second-order valence-electron chi connectivity index (χ2n) is 5.02. The predicted molar refractivity (Wildman–Crippen MR) is 80.8 cm³/mol. The van der Waals surface area contributed by atoms with Crippen molar-refractivity contribution in [3.63, 3.8) is 0 Å². The van der Waals surface area contributed by atoms with Crippen LogP contribution in [0.25, 0.3) is 0 Å². The van der Waals surface area contributed by atoms with Crippen LogP contribution in [0.4, 0.5) is 5.69 Å². The van der Waals surface area contributed by atoms with Gasteiger partial charge in [0.2, 0.25) is 5.91 Å². The van der Waals surface area contributed by atoms with Crippen LogP contribution in [-0.2, 0) is 11.3 Å². The molecule has 0 fully saturated rings. The Balaban J connectivity index is 1.78. The number of anilines is 1. The van der Waals surface area contributed by atoms with E-state index in [1.165, 1.54) is 5.56 Å². The summed E-state index contributed by atoms with van der Waals surface area (Å²) in [5.74, 6) is -0.0325. The number of halogens is 1. The second kappa shape index (κ2) is 5.27. The van der Waals surface area contributed by atoms with Crippen LogP contribution in [-0.4, -0.2) is 5.91 Å². The fraction of sp³-hybridized carbons (Fsp3) is 0.188. The first-order valence-corrected chi connectivity index (χ1v) is 6.90. The zero-order chi connectivity index (χ0) is 14.1. The Bertz CT molecular complexity index is 669. The number of nitrogens with one attached hydrogen (secondary N) is 2. The summed E-state index contributed by atoms with van der Waals surface area (Å²) in [7, 11) is 0. The van der Waals surface area contributed by atoms with Gasteiger partial charge in [-0.15, -0.1) is 0 Å². The standard InChI is InChI=1S/C16H15ClN2O/c1-10-3-2-4-11(7-10)9-18-15-13-8-12(17)5-6-14(13)19-16(15)20/h2-8,15,18H,9H2,1H3,(H,19,20). The number of fused-ring (bicyclic) bond motifs is 1. The molecule has 0 saturated carbocycles. The molecule has 0 spiro atoms. The molecule has 20 heavy (non-hydrogen) atoms. The molecular weight excluding hydrogens is 272 g/mol. The Kier molecular flexibility index (Phi) is 3.47. The van der Waals surface area contributed by atoms with E-state index in [0.29, 0.717) is 11.6 Å². The van der Waals surface area contributed by atoms with Crippen molar-refractivity contribution < 1.29 is 4.79 Å². The highest BCUT2D eigenvalue weighted by atomic mass is 35.5. The van der Waals surface area contributed by atoms with Gasteiger partial charge >= 0.3 is 0 Å². The summed E-state index contributed by atoms with van der Waals surface area (Å²) in [5.41, 5.74) is 4.12. The van der Waals surface area contributed by atoms with Gasteiger partial charge in [-0.1, -0.05) is 41.4 Å². The first kappa shape index (κ1) is 13.2. The molecule has 2 N–H and O–H groups in total. The molecule has 4 heteroatoms. The van der Waals surface area contributed by atoms with E-state index in [-0.39, 0.29) is 11.9 Å². The molecule has 1 aliphatic heterocycles. The average molecular weight is 287 g/mol. The van der Waals surface area contributed by atoms with Gasteiger partial charge in [0.15, 0.2) is 0 Å². The van der Waals surface area contributed by atoms with Gasteiger partial charge in [0.25, 0.3) is 0 Å². The van der Waals surface area contributed by atoms with Gasteiger partial charge in [-0.3, -0.25) is 10.1 Å². The fourth-order valence-corrected chi connectivity index (χ4v) is 2.66. The highest BCUT2D eigenvalue weighted by molar-refractivity contribution is 6.31. The number of benzene rings is 2. The Morgan fingerprint density at radius 3 is 2.90 bits per heavy atom. The number of carbonyl (C=O) groups excluding carboxylic acids is 1. The summed E-state index contributed by atoms with van der Waals surface area (Å²) in [6.07, 6.45) is 0. The molecule has 1 heterocycles. The van der Waals surface area contributed by atoms with Crippen molar-refractivity contribution in [3.8, 4) is 0 Å². The van der Waals surface area contributed by atoms with Gasteiger partial charge in [-0.2, -0.15) is 0 Å². The molecule has 1 atom stereocenters. The van der Waals surface area contributed by atoms with E-state index in [1.807, 2.05) is 24.3 Å². The SMILES string of the molecule is Cc1cccc(CNC2C(=O)Nc3ccc(Cl)cc32)c1. The third-order valence-corrected chi connectivity index (χ3v) is 3.67. The predicted octanol–water partition coefficient (Wildman–Crippen LogP) is 3.43. The number of amides is 1. The lowest BCUT2D eigenvalue weighted by Gasteiger charge is -2.12. The number of carbonyl (C=O) groups is 1. The maximum absolute atomic E-state index is 12.0. The lowest BCUT2D eigenvalue weighted by molar-refractivity contribution is -0.117. The van der Waals surface area contributed by atoms with Crippen molar-refractivity contribution in [2.75, 3.05) is 5.32 Å². The summed E-state index contributed by atoms with van der Waals surface area (Å²) in [6.45, 7) is 2.70. The Labute approximate surface area is 123 Å². The molecular formula is C16H15ClN2O. The number of aryl methyl sites for hydroxylation is 1. The van der Waals surface area contributed by atoms with Gasteiger partial charge in [-0.05, 0) is 30.7 Å². The van der Waals surface area contributed by atoms with E-state index >= 15 is 0 Å². The van der Waals surface area contributed by atoms with Gasteiger partial charge in [0.05, 0.1) is 0 Å². The van der Waals surface area contributed by atoms with Gasteiger partial charge in [0.1, 0.15) is 6.04 Å². The fourth-order valence-electron chi connectivity index (χ4n) is 2.48. The van der Waals surface area contributed by atoms with Gasteiger partial charge in [0, 0.05) is 22.8 Å². The summed E-state index contributed by atoms with van der Waals surface area (Å²) in [5, 5.41) is 6.79. The zero-order valence-corrected chi connectivity index (χ0v) is 11.9. The minimum Gasteiger partial charge on any atom is -0.324 e. The molecule has 3 nitrogen and oxygen atoms in total. The molecule has 1 amide bonds. The van der Waals surface area contributed by atoms with E-state index in [0.717, 1.165) is 16.8 Å². The third kappa shape index (κ3) is 2.55. The van der Waals surface area contributed by atoms with Crippen molar-refractivity contribution in [2.45, 2.75) is 19.5 Å². The van der Waals surface area contributed by atoms with E-state index in [2.05, 4.69) is 29.7 Å². The molecule has 2 aromatic rings. The van der Waals surface area contributed by atoms with Crippen LogP contribution < -0.4 is 10.6 Å². The monoisotopic (exact) mass is 286 g/mol. The largest absolute Gasteiger partial charge is 0.324 e. The van der Waals surface area contributed by atoms with Crippen LogP contribution in [0.15, 0.2) is 42.5 Å². The molecule has 102 valence electrons. The van der Waals surface area contributed by atoms with Crippen molar-refractivity contribution in [1.29, 1.82) is 0 Å². The molecule has 2 aromatic carbocycles. The summed E-state index contributed by atoms with van der Waals surface area (Å²) in [4.78, 5) is 12.0. The average Bonchev–Trinajstić information content (AvgIpc) is 2.72. The minimum absolute atomic E-state index is 0.0325. The lowest BCUT2D eigenvalue weighted by atomic mass is 10.1. The molecule has 0 bridgehead atoms. The molecule has 0 aliphatic carbocycles. The van der Waals surface area contributed by atoms with Crippen LogP contribution in [0, 0.1) is 6.92 Å². The molecule has 0 saturated heterocycles. The minimum atomic E-state index is -0.343. The molecule has 3 rings (SSSR count). The van der Waals surface area contributed by atoms with Gasteiger partial charge in [-0.25, -0.2) is 0 Å². The van der Waals surface area contributed by atoms with Crippen LogP contribution in [0.3, 0.4) is 0 Å². The molecule has 1 aliphatic rings. The third-order valence-electron chi connectivity index (χ3n) is 3.44. The van der Waals surface area contributed by atoms with Crippen molar-refractivity contribution >= 4 is 23.2 Å². The first-order valence-electron chi connectivity index (χ1n) is 6.53. The number of hydrogen-bond acceptors (Lipinski definition) is 2. The number of hydrogen-bond donors (Lipinski definition) is 2. The summed E-state index contributed by atoms with van der Waals surface area (Å²) < 4.78 is 0. The zero-order valence-electron chi connectivity index (χ0n) is 11.1. The second-order valence-corrected chi connectivity index (χ2v) is 5.46.